The van der Waals surface area contributed by atoms with Crippen molar-refractivity contribution in [2.75, 3.05) is 11.1 Å². The van der Waals surface area contributed by atoms with E-state index < -0.39 is 11.7 Å². The molecule has 0 aromatic heterocycles. The van der Waals surface area contributed by atoms with Crippen molar-refractivity contribution in [2.24, 2.45) is 0 Å². The standard InChI is InChI=1S/C14H9ClFN3O/c15-11-5-8(7-17)1-4-13(11)19-14(20)10-3-2-9(16)6-12(10)18/h1-6H,18H2,(H,19,20). The summed E-state index contributed by atoms with van der Waals surface area (Å²) >= 11 is 5.95. The molecule has 0 atom stereocenters. The molecule has 0 radical (unpaired) electrons. The first kappa shape index (κ1) is 13.8. The molecule has 0 bridgehead atoms. The van der Waals surface area contributed by atoms with Gasteiger partial charge in [-0.3, -0.25) is 4.79 Å². The lowest BCUT2D eigenvalue weighted by Crippen LogP contribution is -2.14. The summed E-state index contributed by atoms with van der Waals surface area (Å²) in [7, 11) is 0. The molecule has 4 nitrogen and oxygen atoms in total. The zero-order valence-electron chi connectivity index (χ0n) is 10.2. The Morgan fingerprint density at radius 1 is 1.30 bits per heavy atom. The lowest BCUT2D eigenvalue weighted by molar-refractivity contribution is 0.102. The normalized spacial score (nSPS) is 9.85. The van der Waals surface area contributed by atoms with Gasteiger partial charge in [0.1, 0.15) is 5.82 Å². The van der Waals surface area contributed by atoms with Crippen molar-refractivity contribution in [2.45, 2.75) is 0 Å². The fourth-order valence-corrected chi connectivity index (χ4v) is 1.84. The van der Waals surface area contributed by atoms with E-state index in [1.54, 1.807) is 0 Å². The number of rotatable bonds is 2. The van der Waals surface area contributed by atoms with Crippen LogP contribution in [0.2, 0.25) is 5.02 Å². The largest absolute Gasteiger partial charge is 0.398 e. The van der Waals surface area contributed by atoms with E-state index in [2.05, 4.69) is 5.32 Å². The Hall–Kier alpha value is -2.58. The third kappa shape index (κ3) is 2.87. The molecule has 0 saturated heterocycles. The van der Waals surface area contributed by atoms with Gasteiger partial charge in [0.05, 0.1) is 27.9 Å². The molecule has 0 aliphatic rings. The lowest BCUT2D eigenvalue weighted by atomic mass is 10.1. The monoisotopic (exact) mass is 289 g/mol. The van der Waals surface area contributed by atoms with Crippen molar-refractivity contribution < 1.29 is 9.18 Å². The molecule has 6 heteroatoms. The highest BCUT2D eigenvalue weighted by atomic mass is 35.5. The van der Waals surface area contributed by atoms with Gasteiger partial charge >= 0.3 is 0 Å². The Bertz CT molecular complexity index is 725. The van der Waals surface area contributed by atoms with Crippen molar-refractivity contribution in [3.8, 4) is 6.07 Å². The van der Waals surface area contributed by atoms with Crippen LogP contribution in [0.25, 0.3) is 0 Å². The number of amides is 1. The first-order chi connectivity index (χ1) is 9.51. The van der Waals surface area contributed by atoms with Crippen molar-refractivity contribution in [1.29, 1.82) is 5.26 Å². The highest BCUT2D eigenvalue weighted by molar-refractivity contribution is 6.34. The Balaban J connectivity index is 2.26. The SMILES string of the molecule is N#Cc1ccc(NC(=O)c2ccc(F)cc2N)c(Cl)c1. The molecule has 0 saturated carbocycles. The van der Waals surface area contributed by atoms with E-state index in [1.807, 2.05) is 6.07 Å². The second kappa shape index (κ2) is 5.59. The number of nitrogen functional groups attached to an aromatic ring is 1. The summed E-state index contributed by atoms with van der Waals surface area (Å²) in [6, 6.07) is 9.91. The number of nitrogens with zero attached hydrogens (tertiary/aromatic N) is 1. The summed E-state index contributed by atoms with van der Waals surface area (Å²) in [4.78, 5) is 12.0. The van der Waals surface area contributed by atoms with E-state index in [9.17, 15) is 9.18 Å². The van der Waals surface area contributed by atoms with Crippen molar-refractivity contribution in [1.82, 2.24) is 0 Å². The molecule has 2 aromatic rings. The number of nitriles is 1. The minimum Gasteiger partial charge on any atom is -0.398 e. The average molecular weight is 290 g/mol. The van der Waals surface area contributed by atoms with E-state index in [0.29, 0.717) is 11.3 Å². The molecule has 100 valence electrons. The van der Waals surface area contributed by atoms with Gasteiger partial charge in [0.15, 0.2) is 0 Å². The van der Waals surface area contributed by atoms with E-state index >= 15 is 0 Å². The van der Waals surface area contributed by atoms with Crippen LogP contribution in [0.3, 0.4) is 0 Å². The number of hydrogen-bond acceptors (Lipinski definition) is 3. The Morgan fingerprint density at radius 2 is 2.05 bits per heavy atom. The van der Waals surface area contributed by atoms with E-state index in [-0.39, 0.29) is 16.3 Å². The molecular weight excluding hydrogens is 281 g/mol. The summed E-state index contributed by atoms with van der Waals surface area (Å²) in [6.45, 7) is 0. The minimum absolute atomic E-state index is 0.0345. The van der Waals surface area contributed by atoms with E-state index in [4.69, 9.17) is 22.6 Å². The van der Waals surface area contributed by atoms with Gasteiger partial charge in [-0.15, -0.1) is 0 Å². The Kier molecular flexibility index (Phi) is 3.87. The van der Waals surface area contributed by atoms with Gasteiger partial charge in [-0.2, -0.15) is 5.26 Å². The fraction of sp³-hybridized carbons (Fsp3) is 0. The van der Waals surface area contributed by atoms with Crippen LogP contribution < -0.4 is 11.1 Å². The van der Waals surface area contributed by atoms with Crippen LogP contribution in [0.1, 0.15) is 15.9 Å². The third-order valence-electron chi connectivity index (χ3n) is 2.60. The maximum absolute atomic E-state index is 12.9. The third-order valence-corrected chi connectivity index (χ3v) is 2.92. The molecule has 1 amide bonds. The van der Waals surface area contributed by atoms with E-state index in [1.165, 1.54) is 24.3 Å². The fourth-order valence-electron chi connectivity index (χ4n) is 1.62. The average Bonchev–Trinajstić information content (AvgIpc) is 2.40. The van der Waals surface area contributed by atoms with Crippen molar-refractivity contribution in [3.63, 3.8) is 0 Å². The van der Waals surface area contributed by atoms with E-state index in [0.717, 1.165) is 12.1 Å². The molecule has 2 rings (SSSR count). The smallest absolute Gasteiger partial charge is 0.257 e. The van der Waals surface area contributed by atoms with Crippen molar-refractivity contribution >= 4 is 28.9 Å². The maximum atomic E-state index is 12.9. The molecule has 20 heavy (non-hydrogen) atoms. The van der Waals surface area contributed by atoms with Gasteiger partial charge in [0.2, 0.25) is 0 Å². The molecule has 0 aliphatic heterocycles. The van der Waals surface area contributed by atoms with Crippen molar-refractivity contribution in [3.05, 3.63) is 58.4 Å². The second-order valence-corrected chi connectivity index (χ2v) is 4.40. The second-order valence-electron chi connectivity index (χ2n) is 3.99. The zero-order valence-corrected chi connectivity index (χ0v) is 10.9. The molecule has 0 heterocycles. The number of benzene rings is 2. The van der Waals surface area contributed by atoms with Gasteiger partial charge < -0.3 is 11.1 Å². The van der Waals surface area contributed by atoms with Gasteiger partial charge in [0, 0.05) is 5.69 Å². The van der Waals surface area contributed by atoms with Crippen LogP contribution in [0.5, 0.6) is 0 Å². The molecular formula is C14H9ClFN3O. The number of carbonyl (C=O) groups is 1. The minimum atomic E-state index is -0.518. The summed E-state index contributed by atoms with van der Waals surface area (Å²) in [5.41, 5.74) is 6.49. The zero-order chi connectivity index (χ0) is 14.7. The van der Waals surface area contributed by atoms with Gasteiger partial charge in [-0.05, 0) is 36.4 Å². The quantitative estimate of drug-likeness (QED) is 0.833. The first-order valence-corrected chi connectivity index (χ1v) is 5.95. The maximum Gasteiger partial charge on any atom is 0.257 e. The first-order valence-electron chi connectivity index (χ1n) is 5.57. The number of nitrogens with two attached hydrogens (primary N) is 1. The molecule has 0 aliphatic carbocycles. The molecule has 0 spiro atoms. The van der Waals surface area contributed by atoms with Crippen LogP contribution in [-0.2, 0) is 0 Å². The predicted molar refractivity (Wildman–Crippen MR) is 74.9 cm³/mol. The highest BCUT2D eigenvalue weighted by Gasteiger charge is 2.12. The topological polar surface area (TPSA) is 78.9 Å². The number of hydrogen-bond donors (Lipinski definition) is 2. The summed E-state index contributed by atoms with van der Waals surface area (Å²) < 4.78 is 12.9. The van der Waals surface area contributed by atoms with Gasteiger partial charge in [0.25, 0.3) is 5.91 Å². The van der Waals surface area contributed by atoms with Crippen LogP contribution >= 0.6 is 11.6 Å². The predicted octanol–water partition coefficient (Wildman–Crippen LogP) is 3.19. The highest BCUT2D eigenvalue weighted by Crippen LogP contribution is 2.24. The van der Waals surface area contributed by atoms with Crippen LogP contribution in [0.15, 0.2) is 36.4 Å². The van der Waals surface area contributed by atoms with Gasteiger partial charge in [-0.25, -0.2) is 4.39 Å². The Labute approximate surface area is 119 Å². The number of carbonyl (C=O) groups excluding carboxylic acids is 1. The van der Waals surface area contributed by atoms with Crippen LogP contribution in [0.4, 0.5) is 15.8 Å². The van der Waals surface area contributed by atoms with Gasteiger partial charge in [-0.1, -0.05) is 11.6 Å². The number of halogens is 2. The summed E-state index contributed by atoms with van der Waals surface area (Å²) in [5, 5.41) is 11.5. The Morgan fingerprint density at radius 3 is 2.65 bits per heavy atom. The summed E-state index contributed by atoms with van der Waals surface area (Å²) in [5.74, 6) is -1.02. The molecule has 0 unspecified atom stereocenters. The van der Waals surface area contributed by atoms with Crippen LogP contribution in [0, 0.1) is 17.1 Å². The lowest BCUT2D eigenvalue weighted by Gasteiger charge is -2.09. The molecule has 0 fully saturated rings. The number of nitrogens with one attached hydrogen (secondary N) is 1. The molecule has 2 aromatic carbocycles. The molecule has 3 N–H and O–H groups in total. The summed E-state index contributed by atoms with van der Waals surface area (Å²) in [6.07, 6.45) is 0. The van der Waals surface area contributed by atoms with Crippen LogP contribution in [-0.4, -0.2) is 5.91 Å². The number of anilines is 2.